The van der Waals surface area contributed by atoms with Crippen LogP contribution in [0.5, 0.6) is 5.75 Å². The van der Waals surface area contributed by atoms with E-state index in [0.29, 0.717) is 24.5 Å². The van der Waals surface area contributed by atoms with Crippen LogP contribution in [0.1, 0.15) is 24.8 Å². The zero-order valence-electron chi connectivity index (χ0n) is 13.7. The molecule has 0 radical (unpaired) electrons. The summed E-state index contributed by atoms with van der Waals surface area (Å²) in [6, 6.07) is 5.34. The highest BCUT2D eigenvalue weighted by molar-refractivity contribution is 6.30. The maximum Gasteiger partial charge on any atom is 0.317 e. The number of halogens is 1. The van der Waals surface area contributed by atoms with E-state index < -0.39 is 0 Å². The average molecular weight is 341 g/mol. The third-order valence-electron chi connectivity index (χ3n) is 4.39. The van der Waals surface area contributed by atoms with Crippen LogP contribution < -0.4 is 10.1 Å². The number of hydrogen-bond donors (Lipinski definition) is 2. The standard InChI is InChI=1S/C17H25ClN2O3/c1-20(11-13-4-3-5-15(13)21)17(22)19-9-8-12-10-14(18)6-7-16(12)23-2/h6-7,10,13,15,21H,3-5,8-9,11H2,1-2H3,(H,19,22)/t13-,15-/m0/s1. The molecule has 0 bridgehead atoms. The number of urea groups is 1. The third-order valence-corrected chi connectivity index (χ3v) is 4.62. The number of nitrogens with one attached hydrogen (secondary N) is 1. The summed E-state index contributed by atoms with van der Waals surface area (Å²) in [5, 5.41) is 13.4. The Kier molecular flexibility index (Phi) is 6.54. The Labute approximate surface area is 142 Å². The van der Waals surface area contributed by atoms with Crippen LogP contribution in [0.4, 0.5) is 4.79 Å². The van der Waals surface area contributed by atoms with E-state index in [1.807, 2.05) is 12.1 Å². The number of carbonyl (C=O) groups excluding carboxylic acids is 1. The van der Waals surface area contributed by atoms with E-state index in [0.717, 1.165) is 30.6 Å². The van der Waals surface area contributed by atoms with Gasteiger partial charge in [-0.3, -0.25) is 0 Å². The zero-order chi connectivity index (χ0) is 16.8. The smallest absolute Gasteiger partial charge is 0.317 e. The minimum atomic E-state index is -0.277. The first-order chi connectivity index (χ1) is 11.0. The maximum atomic E-state index is 12.1. The van der Waals surface area contributed by atoms with Crippen LogP contribution >= 0.6 is 11.6 Å². The number of nitrogens with zero attached hydrogens (tertiary/aromatic N) is 1. The Hall–Kier alpha value is -1.46. The fraction of sp³-hybridized carbons (Fsp3) is 0.588. The van der Waals surface area contributed by atoms with Gasteiger partial charge in [0.05, 0.1) is 13.2 Å². The molecule has 1 saturated carbocycles. The monoisotopic (exact) mass is 340 g/mol. The first kappa shape index (κ1) is 17.9. The fourth-order valence-corrected chi connectivity index (χ4v) is 3.24. The molecule has 1 aliphatic carbocycles. The second-order valence-electron chi connectivity index (χ2n) is 6.08. The lowest BCUT2D eigenvalue weighted by atomic mass is 10.1. The molecule has 6 heteroatoms. The van der Waals surface area contributed by atoms with Crippen molar-refractivity contribution < 1.29 is 14.6 Å². The molecule has 1 fully saturated rings. The molecule has 0 saturated heterocycles. The van der Waals surface area contributed by atoms with E-state index in [1.54, 1.807) is 25.1 Å². The summed E-state index contributed by atoms with van der Waals surface area (Å²) in [5.41, 5.74) is 0.967. The molecule has 1 aromatic rings. The predicted octanol–water partition coefficient (Wildman–Crippen LogP) is 2.69. The minimum absolute atomic E-state index is 0.120. The van der Waals surface area contributed by atoms with E-state index >= 15 is 0 Å². The van der Waals surface area contributed by atoms with Crippen LogP contribution in [0.25, 0.3) is 0 Å². The molecular weight excluding hydrogens is 316 g/mol. The summed E-state index contributed by atoms with van der Waals surface area (Å²) in [4.78, 5) is 13.8. The minimum Gasteiger partial charge on any atom is -0.496 e. The molecule has 2 N–H and O–H groups in total. The van der Waals surface area contributed by atoms with Crippen molar-refractivity contribution >= 4 is 17.6 Å². The van der Waals surface area contributed by atoms with E-state index in [1.165, 1.54) is 0 Å². The topological polar surface area (TPSA) is 61.8 Å². The molecule has 1 aromatic carbocycles. The van der Waals surface area contributed by atoms with Gasteiger partial charge in [-0.05, 0) is 43.0 Å². The summed E-state index contributed by atoms with van der Waals surface area (Å²) < 4.78 is 5.30. The molecule has 1 aliphatic rings. The van der Waals surface area contributed by atoms with Crippen molar-refractivity contribution in [3.63, 3.8) is 0 Å². The lowest BCUT2D eigenvalue weighted by molar-refractivity contribution is 0.114. The molecule has 2 atom stereocenters. The van der Waals surface area contributed by atoms with Gasteiger partial charge in [0.1, 0.15) is 5.75 Å². The first-order valence-corrected chi connectivity index (χ1v) is 8.38. The van der Waals surface area contributed by atoms with Crippen molar-refractivity contribution in [2.75, 3.05) is 27.2 Å². The Morgan fingerprint density at radius 2 is 2.26 bits per heavy atom. The predicted molar refractivity (Wildman–Crippen MR) is 91.1 cm³/mol. The lowest BCUT2D eigenvalue weighted by Crippen LogP contribution is -2.41. The lowest BCUT2D eigenvalue weighted by Gasteiger charge is -2.23. The van der Waals surface area contributed by atoms with Crippen LogP contribution in [0, 0.1) is 5.92 Å². The number of rotatable bonds is 6. The van der Waals surface area contributed by atoms with Gasteiger partial charge in [-0.25, -0.2) is 4.79 Å². The van der Waals surface area contributed by atoms with Gasteiger partial charge < -0.3 is 20.1 Å². The molecule has 0 aliphatic heterocycles. The molecule has 128 valence electrons. The van der Waals surface area contributed by atoms with Gasteiger partial charge in [-0.1, -0.05) is 18.0 Å². The highest BCUT2D eigenvalue weighted by Gasteiger charge is 2.27. The number of amides is 2. The summed E-state index contributed by atoms with van der Waals surface area (Å²) in [6.07, 6.45) is 3.24. The summed E-state index contributed by atoms with van der Waals surface area (Å²) in [7, 11) is 3.38. The van der Waals surface area contributed by atoms with Crippen molar-refractivity contribution in [1.29, 1.82) is 0 Å². The Morgan fingerprint density at radius 1 is 1.48 bits per heavy atom. The average Bonchev–Trinajstić information content (AvgIpc) is 2.92. The quantitative estimate of drug-likeness (QED) is 0.837. The van der Waals surface area contributed by atoms with Crippen LogP contribution in [0.3, 0.4) is 0 Å². The molecule has 23 heavy (non-hydrogen) atoms. The van der Waals surface area contributed by atoms with E-state index in [2.05, 4.69) is 5.32 Å². The van der Waals surface area contributed by atoms with Crippen molar-refractivity contribution in [2.24, 2.45) is 5.92 Å². The second-order valence-corrected chi connectivity index (χ2v) is 6.51. The number of aliphatic hydroxyl groups excluding tert-OH is 1. The Bertz CT molecular complexity index is 539. The number of aliphatic hydroxyl groups is 1. The van der Waals surface area contributed by atoms with Gasteiger partial charge in [-0.2, -0.15) is 0 Å². The number of ether oxygens (including phenoxy) is 1. The summed E-state index contributed by atoms with van der Waals surface area (Å²) >= 11 is 6.00. The summed E-state index contributed by atoms with van der Waals surface area (Å²) in [5.74, 6) is 0.963. The molecule has 2 rings (SSSR count). The van der Waals surface area contributed by atoms with Crippen molar-refractivity contribution in [3.05, 3.63) is 28.8 Å². The number of hydrogen-bond acceptors (Lipinski definition) is 3. The van der Waals surface area contributed by atoms with Gasteiger partial charge in [0, 0.05) is 31.1 Å². The van der Waals surface area contributed by atoms with Gasteiger partial charge in [0.25, 0.3) is 0 Å². The molecule has 0 heterocycles. The molecular formula is C17H25ClN2O3. The SMILES string of the molecule is COc1ccc(Cl)cc1CCNC(=O)N(C)C[C@@H]1CCC[C@@H]1O. The highest BCUT2D eigenvalue weighted by Crippen LogP contribution is 2.26. The van der Waals surface area contributed by atoms with Crippen LogP contribution in [-0.4, -0.2) is 49.4 Å². The highest BCUT2D eigenvalue weighted by atomic mass is 35.5. The van der Waals surface area contributed by atoms with E-state index in [-0.39, 0.29) is 18.1 Å². The van der Waals surface area contributed by atoms with Crippen molar-refractivity contribution in [1.82, 2.24) is 10.2 Å². The number of benzene rings is 1. The largest absolute Gasteiger partial charge is 0.496 e. The van der Waals surface area contributed by atoms with Crippen LogP contribution in [0.2, 0.25) is 5.02 Å². The Morgan fingerprint density at radius 3 is 2.91 bits per heavy atom. The Balaban J connectivity index is 1.79. The van der Waals surface area contributed by atoms with Crippen LogP contribution in [0.15, 0.2) is 18.2 Å². The number of methoxy groups -OCH3 is 1. The van der Waals surface area contributed by atoms with Gasteiger partial charge in [0.2, 0.25) is 0 Å². The molecule has 0 aromatic heterocycles. The van der Waals surface area contributed by atoms with Crippen molar-refractivity contribution in [3.8, 4) is 5.75 Å². The molecule has 0 unspecified atom stereocenters. The van der Waals surface area contributed by atoms with Crippen molar-refractivity contribution in [2.45, 2.75) is 31.8 Å². The molecule has 5 nitrogen and oxygen atoms in total. The first-order valence-electron chi connectivity index (χ1n) is 8.00. The normalized spacial score (nSPS) is 20.3. The zero-order valence-corrected chi connectivity index (χ0v) is 14.5. The second kappa shape index (κ2) is 8.41. The molecule has 2 amide bonds. The van der Waals surface area contributed by atoms with E-state index in [4.69, 9.17) is 16.3 Å². The van der Waals surface area contributed by atoms with Gasteiger partial charge >= 0.3 is 6.03 Å². The maximum absolute atomic E-state index is 12.1. The fourth-order valence-electron chi connectivity index (χ4n) is 3.05. The van der Waals surface area contributed by atoms with E-state index in [9.17, 15) is 9.90 Å². The van der Waals surface area contributed by atoms with Gasteiger partial charge in [-0.15, -0.1) is 0 Å². The van der Waals surface area contributed by atoms with Crippen LogP contribution in [-0.2, 0) is 6.42 Å². The number of carbonyl (C=O) groups is 1. The third kappa shape index (κ3) is 5.01. The molecule has 0 spiro atoms. The summed E-state index contributed by atoms with van der Waals surface area (Å²) in [6.45, 7) is 1.10. The van der Waals surface area contributed by atoms with Gasteiger partial charge in [0.15, 0.2) is 0 Å².